The Bertz CT molecular complexity index is 2010. The molecule has 0 unspecified atom stereocenters. The summed E-state index contributed by atoms with van der Waals surface area (Å²) in [6.07, 6.45) is -2.66. The fourth-order valence-corrected chi connectivity index (χ4v) is 9.54. The SMILES string of the molecule is CC(C)CN(C[C@@H](O)[C@H](Cc1ccc(OCP(=O)(OCc2ccccc2)OCc2ccccc2)cc1)NC(=O)O[C@H]1CO[C@H]2OCC[C@H]21)S(=O)(=O)c1ccc(N)cc1. The van der Waals surface area contributed by atoms with Gasteiger partial charge < -0.3 is 44.2 Å². The fraction of sp³-hybridized carbons (Fsp3) is 0.405. The molecule has 1 amide bonds. The number of rotatable bonds is 20. The van der Waals surface area contributed by atoms with Crippen LogP contribution < -0.4 is 15.8 Å². The summed E-state index contributed by atoms with van der Waals surface area (Å²) in [5, 5.41) is 14.5. The molecule has 2 saturated heterocycles. The van der Waals surface area contributed by atoms with Crippen LogP contribution in [0.3, 0.4) is 0 Å². The van der Waals surface area contributed by atoms with Crippen LogP contribution in [0, 0.1) is 11.8 Å². The number of hydrogen-bond donors (Lipinski definition) is 3. The minimum atomic E-state index is -4.05. The highest BCUT2D eigenvalue weighted by molar-refractivity contribution is 7.89. The van der Waals surface area contributed by atoms with Crippen LogP contribution in [0.1, 0.15) is 37.0 Å². The lowest BCUT2D eigenvalue weighted by Crippen LogP contribution is -2.51. The van der Waals surface area contributed by atoms with Crippen molar-refractivity contribution in [2.75, 3.05) is 38.4 Å². The van der Waals surface area contributed by atoms with Crippen molar-refractivity contribution in [3.05, 3.63) is 126 Å². The van der Waals surface area contributed by atoms with E-state index >= 15 is 0 Å². The molecule has 0 saturated carbocycles. The summed E-state index contributed by atoms with van der Waals surface area (Å²) in [5.74, 6) is 0.203. The number of carbonyl (C=O) groups is 1. The highest BCUT2D eigenvalue weighted by Gasteiger charge is 2.44. The largest absolute Gasteiger partial charge is 0.481 e. The van der Waals surface area contributed by atoms with Crippen molar-refractivity contribution in [2.45, 2.75) is 69.3 Å². The maximum Gasteiger partial charge on any atom is 0.407 e. The van der Waals surface area contributed by atoms with Crippen LogP contribution in [-0.2, 0) is 57.5 Å². The van der Waals surface area contributed by atoms with Gasteiger partial charge in [0.2, 0.25) is 10.0 Å². The number of nitrogens with zero attached hydrogens (tertiary/aromatic N) is 1. The van der Waals surface area contributed by atoms with Gasteiger partial charge in [0, 0.05) is 18.8 Å². The van der Waals surface area contributed by atoms with Gasteiger partial charge in [-0.2, -0.15) is 4.31 Å². The van der Waals surface area contributed by atoms with E-state index in [1.165, 1.54) is 28.6 Å². The maximum absolute atomic E-state index is 13.9. The van der Waals surface area contributed by atoms with Crippen molar-refractivity contribution >= 4 is 29.4 Å². The second kappa shape index (κ2) is 20.1. The van der Waals surface area contributed by atoms with E-state index in [1.54, 1.807) is 24.3 Å². The first-order valence-corrected chi connectivity index (χ1v) is 22.5. The maximum atomic E-state index is 13.9. The Morgan fingerprint density at radius 3 is 2.10 bits per heavy atom. The Kier molecular flexibility index (Phi) is 15.0. The molecule has 4 N–H and O–H groups in total. The molecule has 4 aromatic rings. The molecule has 0 aromatic heterocycles. The second-order valence-electron chi connectivity index (χ2n) is 14.8. The lowest BCUT2D eigenvalue weighted by atomic mass is 10.0. The van der Waals surface area contributed by atoms with Gasteiger partial charge in [-0.15, -0.1) is 0 Å². The number of ether oxygens (including phenoxy) is 4. The summed E-state index contributed by atoms with van der Waals surface area (Å²) >= 11 is 0. The Balaban J connectivity index is 1.15. The molecule has 312 valence electrons. The first-order valence-electron chi connectivity index (χ1n) is 19.3. The molecule has 0 aliphatic carbocycles. The first kappa shape index (κ1) is 43.3. The molecule has 5 atom stereocenters. The highest BCUT2D eigenvalue weighted by Crippen LogP contribution is 2.50. The third-order valence-electron chi connectivity index (χ3n) is 9.80. The summed E-state index contributed by atoms with van der Waals surface area (Å²) in [7, 11) is -7.81. The number of nitrogens with two attached hydrogens (primary N) is 1. The molecular formula is C42H52N3O11PS. The van der Waals surface area contributed by atoms with Crippen LogP contribution in [0.5, 0.6) is 5.75 Å². The molecule has 0 bridgehead atoms. The number of benzene rings is 4. The molecule has 0 radical (unpaired) electrons. The van der Waals surface area contributed by atoms with Crippen LogP contribution in [0.25, 0.3) is 0 Å². The Morgan fingerprint density at radius 2 is 1.50 bits per heavy atom. The lowest BCUT2D eigenvalue weighted by Gasteiger charge is -2.31. The van der Waals surface area contributed by atoms with Crippen molar-refractivity contribution in [3.8, 4) is 5.75 Å². The standard InChI is InChI=1S/C42H52N3O11PS/c1-30(2)24-45(58(49,50)36-19-15-34(43)16-20-36)25-39(46)38(44-42(47)56-40-28-52-41-37(40)21-22-51-41)23-31-13-17-35(18-14-31)53-29-57(48,54-26-32-9-5-3-6-10-32)55-27-33-11-7-4-8-12-33/h3-20,30,37-41,46H,21-29,43H2,1-2H3,(H,44,47)/t37-,38-,39+,40-,41+/m0/s1. The molecule has 4 aromatic carbocycles. The number of carbonyl (C=O) groups excluding carboxylic acids is 1. The predicted octanol–water partition coefficient (Wildman–Crippen LogP) is 6.34. The van der Waals surface area contributed by atoms with E-state index in [9.17, 15) is 22.9 Å². The van der Waals surface area contributed by atoms with Gasteiger partial charge in [-0.3, -0.25) is 4.57 Å². The zero-order chi connectivity index (χ0) is 41.1. The minimum Gasteiger partial charge on any atom is -0.481 e. The number of aliphatic hydroxyl groups is 1. The van der Waals surface area contributed by atoms with Gasteiger partial charge in [0.05, 0.1) is 49.4 Å². The highest BCUT2D eigenvalue weighted by atomic mass is 32.2. The van der Waals surface area contributed by atoms with Gasteiger partial charge in [0.25, 0.3) is 0 Å². The predicted molar refractivity (Wildman–Crippen MR) is 217 cm³/mol. The van der Waals surface area contributed by atoms with Gasteiger partial charge in [-0.05, 0) is 71.8 Å². The zero-order valence-corrected chi connectivity index (χ0v) is 34.3. The normalized spacial score (nSPS) is 19.2. The van der Waals surface area contributed by atoms with Crippen LogP contribution in [0.4, 0.5) is 10.5 Å². The molecule has 16 heteroatoms. The molecule has 14 nitrogen and oxygen atoms in total. The number of nitrogens with one attached hydrogen (secondary N) is 1. The second-order valence-corrected chi connectivity index (χ2v) is 18.8. The Morgan fingerprint density at radius 1 is 0.879 bits per heavy atom. The smallest absolute Gasteiger partial charge is 0.407 e. The number of hydrogen-bond acceptors (Lipinski definition) is 12. The molecule has 2 aliphatic rings. The van der Waals surface area contributed by atoms with E-state index in [4.69, 9.17) is 33.7 Å². The molecular weight excluding hydrogens is 786 g/mol. The van der Waals surface area contributed by atoms with Crippen molar-refractivity contribution in [3.63, 3.8) is 0 Å². The van der Waals surface area contributed by atoms with E-state index in [-0.39, 0.29) is 62.4 Å². The molecule has 2 aliphatic heterocycles. The third-order valence-corrected chi connectivity index (χ3v) is 13.1. The van der Waals surface area contributed by atoms with E-state index in [2.05, 4.69) is 5.32 Å². The fourth-order valence-electron chi connectivity index (χ4n) is 6.69. The van der Waals surface area contributed by atoms with Crippen LogP contribution >= 0.6 is 7.60 Å². The van der Waals surface area contributed by atoms with Crippen molar-refractivity contribution in [2.24, 2.45) is 11.8 Å². The van der Waals surface area contributed by atoms with E-state index < -0.39 is 48.3 Å². The Labute approximate surface area is 340 Å². The average molecular weight is 838 g/mol. The van der Waals surface area contributed by atoms with Gasteiger partial charge >= 0.3 is 13.7 Å². The lowest BCUT2D eigenvalue weighted by molar-refractivity contribution is -0.0907. The van der Waals surface area contributed by atoms with Gasteiger partial charge in [0.15, 0.2) is 12.6 Å². The first-order chi connectivity index (χ1) is 27.9. The number of nitrogen functional groups attached to an aromatic ring is 1. The number of aliphatic hydroxyl groups excluding tert-OH is 1. The summed E-state index contributed by atoms with van der Waals surface area (Å²) < 4.78 is 77.4. The van der Waals surface area contributed by atoms with Crippen LogP contribution in [0.15, 0.2) is 114 Å². The molecule has 0 spiro atoms. The Hall–Kier alpha value is -4.31. The van der Waals surface area contributed by atoms with E-state index in [0.29, 0.717) is 30.0 Å². The van der Waals surface area contributed by atoms with Crippen LogP contribution in [0.2, 0.25) is 0 Å². The third kappa shape index (κ3) is 12.1. The minimum absolute atomic E-state index is 0.0316. The summed E-state index contributed by atoms with van der Waals surface area (Å²) in [5.41, 5.74) is 8.57. The summed E-state index contributed by atoms with van der Waals surface area (Å²) in [6.45, 7) is 4.36. The van der Waals surface area contributed by atoms with Gasteiger partial charge in [0.1, 0.15) is 11.9 Å². The molecule has 6 rings (SSSR count). The van der Waals surface area contributed by atoms with Crippen molar-refractivity contribution in [1.82, 2.24) is 9.62 Å². The molecule has 58 heavy (non-hydrogen) atoms. The number of sulfonamides is 1. The van der Waals surface area contributed by atoms with Gasteiger partial charge in [-0.25, -0.2) is 13.2 Å². The number of amides is 1. The number of anilines is 1. The molecule has 2 heterocycles. The monoisotopic (exact) mass is 837 g/mol. The average Bonchev–Trinajstić information content (AvgIpc) is 3.85. The van der Waals surface area contributed by atoms with Crippen molar-refractivity contribution < 1.29 is 50.9 Å². The number of alkyl carbamates (subject to hydrolysis) is 1. The number of fused-ring (bicyclic) bond motifs is 1. The summed E-state index contributed by atoms with van der Waals surface area (Å²) in [4.78, 5) is 13.4. The van der Waals surface area contributed by atoms with Crippen molar-refractivity contribution in [1.29, 1.82) is 0 Å². The molecule has 2 fully saturated rings. The quantitative estimate of drug-likeness (QED) is 0.0664. The summed E-state index contributed by atoms with van der Waals surface area (Å²) in [6, 6.07) is 30.4. The van der Waals surface area contributed by atoms with Gasteiger partial charge in [-0.1, -0.05) is 86.6 Å². The van der Waals surface area contributed by atoms with E-state index in [1.807, 2.05) is 74.5 Å². The topological polar surface area (TPSA) is 185 Å². The van der Waals surface area contributed by atoms with Crippen LogP contribution in [-0.4, -0.2) is 81.1 Å². The zero-order valence-electron chi connectivity index (χ0n) is 32.6. The van der Waals surface area contributed by atoms with E-state index in [0.717, 1.165) is 11.1 Å².